The summed E-state index contributed by atoms with van der Waals surface area (Å²) < 4.78 is 28.4. The molecule has 4 heteroatoms. The average molecular weight is 230 g/mol. The Morgan fingerprint density at radius 3 is 2.67 bits per heavy atom. The van der Waals surface area contributed by atoms with Gasteiger partial charge >= 0.3 is 6.61 Å². The number of benzene rings is 1. The molecule has 0 aliphatic heterocycles. The van der Waals surface area contributed by atoms with Gasteiger partial charge in [-0.2, -0.15) is 8.78 Å². The number of halogens is 2. The number of alkyl halides is 2. The van der Waals surface area contributed by atoms with Crippen molar-refractivity contribution in [2.24, 2.45) is 0 Å². The summed E-state index contributed by atoms with van der Waals surface area (Å²) in [4.78, 5) is 1.14. The van der Waals surface area contributed by atoms with Crippen molar-refractivity contribution in [1.29, 1.82) is 0 Å². The third-order valence-electron chi connectivity index (χ3n) is 2.19. The van der Waals surface area contributed by atoms with E-state index in [2.05, 4.69) is 4.74 Å². The van der Waals surface area contributed by atoms with Crippen molar-refractivity contribution in [3.8, 4) is 5.75 Å². The molecule has 0 heterocycles. The Morgan fingerprint density at radius 2 is 2.13 bits per heavy atom. The van der Waals surface area contributed by atoms with E-state index in [1.165, 1.54) is 12.8 Å². The number of thioether (sulfide) groups is 1. The molecule has 15 heavy (non-hydrogen) atoms. The van der Waals surface area contributed by atoms with Crippen LogP contribution < -0.4 is 4.74 Å². The van der Waals surface area contributed by atoms with Gasteiger partial charge in [0, 0.05) is 10.1 Å². The summed E-state index contributed by atoms with van der Waals surface area (Å²) in [7, 11) is 0. The summed E-state index contributed by atoms with van der Waals surface area (Å²) in [5.74, 6) is 0.269. The van der Waals surface area contributed by atoms with E-state index >= 15 is 0 Å². The summed E-state index contributed by atoms with van der Waals surface area (Å²) in [5.41, 5.74) is 0.765. The lowest BCUT2D eigenvalue weighted by Gasteiger charge is -2.09. The highest BCUT2D eigenvalue weighted by Gasteiger charge is 2.22. The summed E-state index contributed by atoms with van der Waals surface area (Å²) in [6.45, 7) is -0.958. The quantitative estimate of drug-likeness (QED) is 0.777. The van der Waals surface area contributed by atoms with Gasteiger partial charge in [0.05, 0.1) is 0 Å². The van der Waals surface area contributed by atoms with Crippen LogP contribution in [0.3, 0.4) is 0 Å². The van der Waals surface area contributed by atoms with E-state index in [-0.39, 0.29) is 5.75 Å². The maximum atomic E-state index is 12.0. The molecular formula is C11H12F2OS. The van der Waals surface area contributed by atoms with Gasteiger partial charge in [-0.1, -0.05) is 0 Å². The minimum absolute atomic E-state index is 0.269. The first-order valence-corrected chi connectivity index (χ1v) is 5.75. The highest BCUT2D eigenvalue weighted by Crippen LogP contribution is 2.40. The lowest BCUT2D eigenvalue weighted by atomic mass is 10.2. The number of aryl methyl sites for hydroxylation is 1. The molecule has 82 valence electrons. The summed E-state index contributed by atoms with van der Waals surface area (Å²) in [5, 5.41) is 0.728. The fourth-order valence-electron chi connectivity index (χ4n) is 1.30. The van der Waals surface area contributed by atoms with E-state index in [4.69, 9.17) is 0 Å². The number of hydrogen-bond acceptors (Lipinski definition) is 2. The molecule has 0 radical (unpaired) electrons. The maximum Gasteiger partial charge on any atom is 0.387 e. The zero-order chi connectivity index (χ0) is 10.8. The molecule has 1 nitrogen and oxygen atoms in total. The van der Waals surface area contributed by atoms with Crippen molar-refractivity contribution >= 4 is 11.8 Å². The molecule has 0 aromatic heterocycles. The normalized spacial score (nSPS) is 15.7. The zero-order valence-corrected chi connectivity index (χ0v) is 9.19. The Bertz CT molecular complexity index is 350. The molecule has 0 atom stereocenters. The SMILES string of the molecule is Cc1cc(SC2CC2)ccc1OC(F)F. The first-order valence-electron chi connectivity index (χ1n) is 4.87. The van der Waals surface area contributed by atoms with Gasteiger partial charge in [0.25, 0.3) is 0 Å². The third-order valence-corrected chi connectivity index (χ3v) is 3.52. The van der Waals surface area contributed by atoms with Gasteiger partial charge < -0.3 is 4.74 Å². The van der Waals surface area contributed by atoms with Gasteiger partial charge in [0.1, 0.15) is 5.75 Å². The zero-order valence-electron chi connectivity index (χ0n) is 8.37. The molecule has 2 rings (SSSR count). The number of ether oxygens (including phenoxy) is 1. The van der Waals surface area contributed by atoms with Crippen molar-refractivity contribution < 1.29 is 13.5 Å². The monoisotopic (exact) mass is 230 g/mol. The van der Waals surface area contributed by atoms with Gasteiger partial charge in [-0.3, -0.25) is 0 Å². The van der Waals surface area contributed by atoms with Gasteiger partial charge in [-0.25, -0.2) is 0 Å². The minimum atomic E-state index is -2.74. The van der Waals surface area contributed by atoms with Crippen molar-refractivity contribution in [2.75, 3.05) is 0 Å². The van der Waals surface area contributed by atoms with Crippen LogP contribution in [0.2, 0.25) is 0 Å². The molecule has 1 aliphatic carbocycles. The van der Waals surface area contributed by atoms with E-state index in [0.29, 0.717) is 0 Å². The smallest absolute Gasteiger partial charge is 0.387 e. The Kier molecular flexibility index (Phi) is 3.14. The minimum Gasteiger partial charge on any atom is -0.435 e. The lowest BCUT2D eigenvalue weighted by molar-refractivity contribution is -0.0503. The Labute approximate surface area is 91.8 Å². The second-order valence-electron chi connectivity index (χ2n) is 3.62. The Hall–Kier alpha value is -0.770. The largest absolute Gasteiger partial charge is 0.435 e. The Morgan fingerprint density at radius 1 is 1.40 bits per heavy atom. The molecule has 0 N–H and O–H groups in total. The molecule has 0 bridgehead atoms. The predicted octanol–water partition coefficient (Wildman–Crippen LogP) is 3.85. The van der Waals surface area contributed by atoms with E-state index in [1.807, 2.05) is 23.9 Å². The van der Waals surface area contributed by atoms with Gasteiger partial charge in [-0.05, 0) is 43.5 Å². The molecule has 1 aliphatic rings. The maximum absolute atomic E-state index is 12.0. The van der Waals surface area contributed by atoms with E-state index in [1.54, 1.807) is 13.0 Å². The van der Waals surface area contributed by atoms with Crippen molar-refractivity contribution in [3.05, 3.63) is 23.8 Å². The van der Waals surface area contributed by atoms with Crippen LogP contribution in [0.25, 0.3) is 0 Å². The van der Waals surface area contributed by atoms with Crippen molar-refractivity contribution in [3.63, 3.8) is 0 Å². The second kappa shape index (κ2) is 4.39. The van der Waals surface area contributed by atoms with Gasteiger partial charge in [-0.15, -0.1) is 11.8 Å². The van der Waals surface area contributed by atoms with Crippen LogP contribution in [0.15, 0.2) is 23.1 Å². The first-order chi connectivity index (χ1) is 7.15. The number of rotatable bonds is 4. The molecule has 1 saturated carbocycles. The van der Waals surface area contributed by atoms with E-state index < -0.39 is 6.61 Å². The lowest BCUT2D eigenvalue weighted by Crippen LogP contribution is -2.03. The second-order valence-corrected chi connectivity index (χ2v) is 5.00. The summed E-state index contributed by atoms with van der Waals surface area (Å²) in [6.07, 6.45) is 2.53. The van der Waals surface area contributed by atoms with Crippen LogP contribution in [0.5, 0.6) is 5.75 Å². The molecule has 1 aromatic rings. The van der Waals surface area contributed by atoms with Crippen LogP contribution in [-0.4, -0.2) is 11.9 Å². The molecular weight excluding hydrogens is 218 g/mol. The Balaban J connectivity index is 2.07. The third kappa shape index (κ3) is 3.09. The molecule has 0 unspecified atom stereocenters. The van der Waals surface area contributed by atoms with E-state index in [9.17, 15) is 8.78 Å². The highest BCUT2D eigenvalue weighted by atomic mass is 32.2. The number of hydrogen-bond donors (Lipinski definition) is 0. The summed E-state index contributed by atoms with van der Waals surface area (Å²) >= 11 is 1.81. The molecule has 0 spiro atoms. The highest BCUT2D eigenvalue weighted by molar-refractivity contribution is 8.00. The van der Waals surface area contributed by atoms with Crippen LogP contribution in [0.1, 0.15) is 18.4 Å². The van der Waals surface area contributed by atoms with Crippen LogP contribution in [0.4, 0.5) is 8.78 Å². The fraction of sp³-hybridized carbons (Fsp3) is 0.455. The topological polar surface area (TPSA) is 9.23 Å². The van der Waals surface area contributed by atoms with Crippen LogP contribution >= 0.6 is 11.8 Å². The molecule has 0 amide bonds. The average Bonchev–Trinajstić information content (AvgIpc) is 2.93. The summed E-state index contributed by atoms with van der Waals surface area (Å²) in [6, 6.07) is 5.36. The van der Waals surface area contributed by atoms with Crippen molar-refractivity contribution in [1.82, 2.24) is 0 Å². The fourth-order valence-corrected chi connectivity index (χ4v) is 2.45. The molecule has 1 fully saturated rings. The standard InChI is InChI=1S/C11H12F2OS/c1-7-6-9(15-8-2-3-8)4-5-10(7)14-11(12)13/h4-6,8,11H,2-3H2,1H3. The van der Waals surface area contributed by atoms with Crippen LogP contribution in [0, 0.1) is 6.92 Å². The molecule has 1 aromatic carbocycles. The van der Waals surface area contributed by atoms with Crippen LogP contribution in [-0.2, 0) is 0 Å². The predicted molar refractivity (Wildman–Crippen MR) is 56.7 cm³/mol. The van der Waals surface area contributed by atoms with Gasteiger partial charge in [0.15, 0.2) is 0 Å². The molecule has 0 saturated heterocycles. The van der Waals surface area contributed by atoms with Gasteiger partial charge in [0.2, 0.25) is 0 Å². The van der Waals surface area contributed by atoms with E-state index in [0.717, 1.165) is 15.7 Å². The first kappa shape index (κ1) is 10.7. The van der Waals surface area contributed by atoms with Crippen molar-refractivity contribution in [2.45, 2.75) is 36.5 Å².